The molecule has 0 unspecified atom stereocenters. The predicted octanol–water partition coefficient (Wildman–Crippen LogP) is 2.65. The molecule has 0 amide bonds. The quantitative estimate of drug-likeness (QED) is 0.600. The van der Waals surface area contributed by atoms with Gasteiger partial charge in [0.15, 0.2) is 0 Å². The van der Waals surface area contributed by atoms with E-state index in [-0.39, 0.29) is 5.88 Å². The summed E-state index contributed by atoms with van der Waals surface area (Å²) in [4.78, 5) is 11.6. The SMILES string of the molecule is CCc1ccc(CCl)c(C(=O)OC)c1C#N. The van der Waals surface area contributed by atoms with Crippen molar-refractivity contribution in [2.45, 2.75) is 19.2 Å². The fourth-order valence-corrected chi connectivity index (χ4v) is 1.78. The molecule has 1 aromatic rings. The van der Waals surface area contributed by atoms with Crippen molar-refractivity contribution in [3.63, 3.8) is 0 Å². The van der Waals surface area contributed by atoms with Crippen LogP contribution in [0.4, 0.5) is 0 Å². The summed E-state index contributed by atoms with van der Waals surface area (Å²) in [5, 5.41) is 9.09. The molecule has 0 heterocycles. The molecular weight excluding hydrogens is 226 g/mol. The standard InChI is InChI=1S/C12H12ClNO2/c1-3-8-4-5-9(6-13)11(10(8)7-14)12(15)16-2/h4-5H,3,6H2,1-2H3. The molecule has 0 radical (unpaired) electrons. The van der Waals surface area contributed by atoms with E-state index in [9.17, 15) is 4.79 Å². The molecule has 16 heavy (non-hydrogen) atoms. The van der Waals surface area contributed by atoms with Crippen LogP contribution in [0.3, 0.4) is 0 Å². The second-order valence-electron chi connectivity index (χ2n) is 3.22. The van der Waals surface area contributed by atoms with Gasteiger partial charge in [0.1, 0.15) is 6.07 Å². The average molecular weight is 238 g/mol. The molecule has 3 nitrogen and oxygen atoms in total. The van der Waals surface area contributed by atoms with Crippen molar-refractivity contribution in [3.05, 3.63) is 34.4 Å². The third kappa shape index (κ3) is 2.17. The maximum absolute atomic E-state index is 11.6. The lowest BCUT2D eigenvalue weighted by atomic mass is 9.96. The third-order valence-electron chi connectivity index (χ3n) is 2.40. The molecule has 0 atom stereocenters. The molecule has 0 saturated heterocycles. The zero-order valence-electron chi connectivity index (χ0n) is 9.21. The van der Waals surface area contributed by atoms with E-state index >= 15 is 0 Å². The Labute approximate surface area is 99.6 Å². The van der Waals surface area contributed by atoms with Crippen molar-refractivity contribution in [3.8, 4) is 6.07 Å². The highest BCUT2D eigenvalue weighted by Crippen LogP contribution is 2.22. The van der Waals surface area contributed by atoms with Crippen LogP contribution in [-0.2, 0) is 17.0 Å². The molecule has 0 bridgehead atoms. The molecule has 4 heteroatoms. The van der Waals surface area contributed by atoms with Crippen molar-refractivity contribution in [2.24, 2.45) is 0 Å². The first-order valence-electron chi connectivity index (χ1n) is 4.88. The van der Waals surface area contributed by atoms with Crippen LogP contribution >= 0.6 is 11.6 Å². The molecule has 0 N–H and O–H groups in total. The Bertz CT molecular complexity index is 449. The predicted molar refractivity (Wildman–Crippen MR) is 61.4 cm³/mol. The van der Waals surface area contributed by atoms with Gasteiger partial charge in [-0.15, -0.1) is 11.6 Å². The van der Waals surface area contributed by atoms with Gasteiger partial charge in [0.05, 0.1) is 18.2 Å². The molecule has 0 aliphatic carbocycles. The van der Waals surface area contributed by atoms with E-state index in [4.69, 9.17) is 16.9 Å². The van der Waals surface area contributed by atoms with Gasteiger partial charge in [0.25, 0.3) is 0 Å². The van der Waals surface area contributed by atoms with Gasteiger partial charge in [-0.3, -0.25) is 0 Å². The number of esters is 1. The fraction of sp³-hybridized carbons (Fsp3) is 0.333. The molecule has 1 rings (SSSR count). The van der Waals surface area contributed by atoms with E-state index in [0.29, 0.717) is 23.1 Å². The van der Waals surface area contributed by atoms with E-state index in [1.165, 1.54) is 7.11 Å². The molecule has 0 aromatic heterocycles. The Morgan fingerprint density at radius 3 is 2.56 bits per heavy atom. The van der Waals surface area contributed by atoms with Crippen LogP contribution in [0.25, 0.3) is 0 Å². The minimum Gasteiger partial charge on any atom is -0.465 e. The molecule has 1 aromatic carbocycles. The highest BCUT2D eigenvalue weighted by molar-refractivity contribution is 6.17. The van der Waals surface area contributed by atoms with Gasteiger partial charge in [-0.25, -0.2) is 4.79 Å². The highest BCUT2D eigenvalue weighted by atomic mass is 35.5. The summed E-state index contributed by atoms with van der Waals surface area (Å²) >= 11 is 5.74. The summed E-state index contributed by atoms with van der Waals surface area (Å²) in [6, 6.07) is 5.63. The van der Waals surface area contributed by atoms with Crippen molar-refractivity contribution in [1.29, 1.82) is 5.26 Å². The van der Waals surface area contributed by atoms with Gasteiger partial charge in [0, 0.05) is 5.88 Å². The number of nitrogens with zero attached hydrogens (tertiary/aromatic N) is 1. The fourth-order valence-electron chi connectivity index (χ4n) is 1.56. The smallest absolute Gasteiger partial charge is 0.339 e. The molecule has 0 aliphatic rings. The van der Waals surface area contributed by atoms with Gasteiger partial charge in [0.2, 0.25) is 0 Å². The topological polar surface area (TPSA) is 50.1 Å². The third-order valence-corrected chi connectivity index (χ3v) is 2.69. The van der Waals surface area contributed by atoms with E-state index in [1.54, 1.807) is 6.07 Å². The normalized spacial score (nSPS) is 9.62. The van der Waals surface area contributed by atoms with E-state index in [1.807, 2.05) is 19.1 Å². The van der Waals surface area contributed by atoms with Crippen LogP contribution in [0.5, 0.6) is 0 Å². The Morgan fingerprint density at radius 1 is 1.50 bits per heavy atom. The largest absolute Gasteiger partial charge is 0.465 e. The number of aryl methyl sites for hydroxylation is 1. The Morgan fingerprint density at radius 2 is 2.12 bits per heavy atom. The first-order chi connectivity index (χ1) is 7.69. The minimum atomic E-state index is -0.512. The van der Waals surface area contributed by atoms with E-state index < -0.39 is 5.97 Å². The first-order valence-corrected chi connectivity index (χ1v) is 5.42. The number of alkyl halides is 1. The number of nitriles is 1. The van der Waals surface area contributed by atoms with Crippen LogP contribution in [0.15, 0.2) is 12.1 Å². The van der Waals surface area contributed by atoms with Crippen LogP contribution < -0.4 is 0 Å². The lowest BCUT2D eigenvalue weighted by molar-refractivity contribution is 0.0599. The number of hydrogen-bond donors (Lipinski definition) is 0. The number of ether oxygens (including phenoxy) is 1. The van der Waals surface area contributed by atoms with Crippen LogP contribution in [-0.4, -0.2) is 13.1 Å². The van der Waals surface area contributed by atoms with Gasteiger partial charge >= 0.3 is 5.97 Å². The van der Waals surface area contributed by atoms with Gasteiger partial charge in [-0.05, 0) is 17.5 Å². The van der Waals surface area contributed by atoms with E-state index in [2.05, 4.69) is 4.74 Å². The highest BCUT2D eigenvalue weighted by Gasteiger charge is 2.19. The van der Waals surface area contributed by atoms with Crippen LogP contribution in [0.1, 0.15) is 34.0 Å². The monoisotopic (exact) mass is 237 g/mol. The van der Waals surface area contributed by atoms with Crippen molar-refractivity contribution >= 4 is 17.6 Å². The molecule has 0 fully saturated rings. The van der Waals surface area contributed by atoms with Crippen molar-refractivity contribution < 1.29 is 9.53 Å². The minimum absolute atomic E-state index is 0.184. The maximum atomic E-state index is 11.6. The Balaban J connectivity index is 3.50. The Kier molecular flexibility index (Phi) is 4.33. The summed E-state index contributed by atoms with van der Waals surface area (Å²) in [5.74, 6) is -0.328. The van der Waals surface area contributed by atoms with Crippen molar-refractivity contribution in [2.75, 3.05) is 7.11 Å². The molecular formula is C12H12ClNO2. The number of methoxy groups -OCH3 is 1. The number of rotatable bonds is 3. The Hall–Kier alpha value is -1.53. The maximum Gasteiger partial charge on any atom is 0.339 e. The number of hydrogen-bond acceptors (Lipinski definition) is 3. The van der Waals surface area contributed by atoms with Gasteiger partial charge in [-0.1, -0.05) is 19.1 Å². The number of benzene rings is 1. The number of halogens is 1. The second-order valence-corrected chi connectivity index (χ2v) is 3.49. The van der Waals surface area contributed by atoms with Crippen LogP contribution in [0, 0.1) is 11.3 Å². The number of carbonyl (C=O) groups is 1. The summed E-state index contributed by atoms with van der Waals surface area (Å²) in [7, 11) is 1.29. The summed E-state index contributed by atoms with van der Waals surface area (Å²) in [6.07, 6.45) is 0.690. The first kappa shape index (κ1) is 12.5. The number of carbonyl (C=O) groups excluding carboxylic acids is 1. The van der Waals surface area contributed by atoms with Gasteiger partial charge < -0.3 is 4.74 Å². The van der Waals surface area contributed by atoms with Gasteiger partial charge in [-0.2, -0.15) is 5.26 Å². The zero-order valence-corrected chi connectivity index (χ0v) is 9.97. The van der Waals surface area contributed by atoms with E-state index in [0.717, 1.165) is 5.56 Å². The molecule has 0 saturated carbocycles. The lowest BCUT2D eigenvalue weighted by Crippen LogP contribution is -2.10. The molecule has 0 spiro atoms. The summed E-state index contributed by atoms with van der Waals surface area (Å²) in [5.41, 5.74) is 2.12. The summed E-state index contributed by atoms with van der Waals surface area (Å²) in [6.45, 7) is 1.93. The van der Waals surface area contributed by atoms with Crippen LogP contribution in [0.2, 0.25) is 0 Å². The molecule has 84 valence electrons. The average Bonchev–Trinajstić information content (AvgIpc) is 2.35. The zero-order chi connectivity index (χ0) is 12.1. The second kappa shape index (κ2) is 5.53. The molecule has 0 aliphatic heterocycles. The summed E-state index contributed by atoms with van der Waals surface area (Å²) < 4.78 is 4.67. The lowest BCUT2D eigenvalue weighted by Gasteiger charge is -2.10. The van der Waals surface area contributed by atoms with Crippen molar-refractivity contribution in [1.82, 2.24) is 0 Å².